The first-order chi connectivity index (χ1) is 18.2. The van der Waals surface area contributed by atoms with Crippen molar-refractivity contribution >= 4 is 48.6 Å². The molecule has 1 aliphatic carbocycles. The van der Waals surface area contributed by atoms with E-state index in [4.69, 9.17) is 0 Å². The molecule has 0 bridgehead atoms. The molecule has 202 valence electrons. The Balaban J connectivity index is 1.37. The van der Waals surface area contributed by atoms with Crippen LogP contribution >= 0.6 is 11.3 Å². The molecule has 3 aromatic rings. The van der Waals surface area contributed by atoms with E-state index in [0.717, 1.165) is 31.2 Å². The number of nitrogens with zero attached hydrogens (tertiary/aromatic N) is 3. The van der Waals surface area contributed by atoms with Crippen molar-refractivity contribution in [3.63, 3.8) is 0 Å². The van der Waals surface area contributed by atoms with Gasteiger partial charge in [0.2, 0.25) is 15.9 Å². The van der Waals surface area contributed by atoms with E-state index >= 15 is 0 Å². The van der Waals surface area contributed by atoms with Gasteiger partial charge in [-0.25, -0.2) is 18.2 Å². The number of carboxylic acid groups (broad SMARTS) is 1. The number of likely N-dealkylation sites (N-methyl/N-ethyl adjacent to an activating group) is 1. The van der Waals surface area contributed by atoms with E-state index in [1.165, 1.54) is 21.7 Å². The van der Waals surface area contributed by atoms with Gasteiger partial charge in [0.05, 0.1) is 26.6 Å². The Kier molecular flexibility index (Phi) is 7.80. The van der Waals surface area contributed by atoms with Gasteiger partial charge in [0.1, 0.15) is 0 Å². The van der Waals surface area contributed by atoms with Gasteiger partial charge in [-0.1, -0.05) is 49.2 Å². The van der Waals surface area contributed by atoms with Crippen LogP contribution in [0.4, 0.5) is 5.13 Å². The molecule has 9 nitrogen and oxygen atoms in total. The number of benzene rings is 2. The highest BCUT2D eigenvalue weighted by molar-refractivity contribution is 7.89. The fourth-order valence-electron chi connectivity index (χ4n) is 5.33. The second kappa shape index (κ2) is 11.1. The molecule has 2 aromatic carbocycles. The van der Waals surface area contributed by atoms with Gasteiger partial charge in [0.25, 0.3) is 0 Å². The molecule has 0 unspecified atom stereocenters. The van der Waals surface area contributed by atoms with Gasteiger partial charge >= 0.3 is 5.97 Å². The van der Waals surface area contributed by atoms with Gasteiger partial charge in [-0.15, -0.1) is 0 Å². The van der Waals surface area contributed by atoms with Gasteiger partial charge in [0.15, 0.2) is 5.13 Å². The lowest BCUT2D eigenvalue weighted by atomic mass is 9.87. The maximum absolute atomic E-state index is 13.5. The Morgan fingerprint density at radius 1 is 1.08 bits per heavy atom. The van der Waals surface area contributed by atoms with Crippen LogP contribution in [0.25, 0.3) is 10.2 Å². The van der Waals surface area contributed by atoms with Crippen LogP contribution in [0.1, 0.15) is 53.9 Å². The van der Waals surface area contributed by atoms with Crippen LogP contribution in [-0.4, -0.2) is 72.8 Å². The van der Waals surface area contributed by atoms with Crippen LogP contribution in [0.5, 0.6) is 0 Å². The molecule has 1 saturated heterocycles. The highest BCUT2D eigenvalue weighted by Gasteiger charge is 2.30. The average Bonchev–Trinajstić information content (AvgIpc) is 3.56. The second-order valence-corrected chi connectivity index (χ2v) is 13.2. The average molecular weight is 557 g/mol. The van der Waals surface area contributed by atoms with Crippen molar-refractivity contribution in [3.05, 3.63) is 53.6 Å². The zero-order valence-corrected chi connectivity index (χ0v) is 22.9. The normalized spacial score (nSPS) is 18.6. The molecule has 1 amide bonds. The topological polar surface area (TPSA) is 120 Å². The molecule has 2 aliphatic rings. The lowest BCUT2D eigenvalue weighted by molar-refractivity contribution is -0.118. The van der Waals surface area contributed by atoms with Crippen LogP contribution < -0.4 is 5.32 Å². The number of nitrogens with one attached hydrogen (secondary N) is 1. The number of aromatic nitrogens is 1. The van der Waals surface area contributed by atoms with Crippen molar-refractivity contribution in [2.24, 2.45) is 5.92 Å². The van der Waals surface area contributed by atoms with Crippen molar-refractivity contribution in [3.8, 4) is 0 Å². The summed E-state index contributed by atoms with van der Waals surface area (Å²) >= 11 is 1.24. The number of anilines is 1. The van der Waals surface area contributed by atoms with Gasteiger partial charge in [-0.2, -0.15) is 4.31 Å². The summed E-state index contributed by atoms with van der Waals surface area (Å²) in [5.41, 5.74) is 1.58. The molecule has 0 radical (unpaired) electrons. The summed E-state index contributed by atoms with van der Waals surface area (Å²) in [6.45, 7) is 2.32. The van der Waals surface area contributed by atoms with Crippen molar-refractivity contribution in [1.82, 2.24) is 14.2 Å². The molecule has 0 spiro atoms. The maximum atomic E-state index is 13.5. The molecule has 2 heterocycles. The van der Waals surface area contributed by atoms with Crippen LogP contribution in [0, 0.1) is 5.92 Å². The first kappa shape index (κ1) is 26.7. The molecule has 1 aromatic heterocycles. The second-order valence-electron chi connectivity index (χ2n) is 10.2. The van der Waals surface area contributed by atoms with Gasteiger partial charge in [0, 0.05) is 26.2 Å². The summed E-state index contributed by atoms with van der Waals surface area (Å²) in [5, 5.41) is 12.6. The highest BCUT2D eigenvalue weighted by atomic mass is 32.2. The van der Waals surface area contributed by atoms with Crippen molar-refractivity contribution < 1.29 is 23.1 Å². The SMILES string of the molecule is CN1CCN(S(=O)(=O)c2ccc([C@H](CC3CCCC3)C(=O)Nc3nc4ccc(C(=O)O)cc4s3)cc2)CC1. The van der Waals surface area contributed by atoms with Gasteiger partial charge < -0.3 is 15.3 Å². The first-order valence-electron chi connectivity index (χ1n) is 12.9. The summed E-state index contributed by atoms with van der Waals surface area (Å²) in [7, 11) is -1.61. The fourth-order valence-corrected chi connectivity index (χ4v) is 7.66. The third-order valence-corrected chi connectivity index (χ3v) is 10.5. The number of piperazine rings is 1. The minimum atomic E-state index is -3.59. The number of carbonyl (C=O) groups is 2. The monoisotopic (exact) mass is 556 g/mol. The van der Waals surface area contributed by atoms with E-state index in [0.29, 0.717) is 53.9 Å². The number of hydrogen-bond donors (Lipinski definition) is 2. The number of hydrogen-bond acceptors (Lipinski definition) is 7. The summed E-state index contributed by atoms with van der Waals surface area (Å²) in [4.78, 5) is 31.7. The molecule has 38 heavy (non-hydrogen) atoms. The van der Waals surface area contributed by atoms with Gasteiger partial charge in [-0.05, 0) is 55.3 Å². The molecule has 5 rings (SSSR count). The Morgan fingerprint density at radius 2 is 1.76 bits per heavy atom. The van der Waals surface area contributed by atoms with Crippen LogP contribution in [0.15, 0.2) is 47.4 Å². The number of amides is 1. The Hall–Kier alpha value is -2.86. The summed E-state index contributed by atoms with van der Waals surface area (Å²) in [6.07, 6.45) is 5.16. The zero-order chi connectivity index (χ0) is 26.9. The number of aromatic carboxylic acids is 1. The van der Waals surface area contributed by atoms with Crippen molar-refractivity contribution in [1.29, 1.82) is 0 Å². The van der Waals surface area contributed by atoms with E-state index in [-0.39, 0.29) is 16.4 Å². The molecule has 2 fully saturated rings. The first-order valence-corrected chi connectivity index (χ1v) is 15.2. The molecule has 1 atom stereocenters. The number of carbonyl (C=O) groups excluding carboxylic acids is 1. The van der Waals surface area contributed by atoms with Crippen molar-refractivity contribution in [2.45, 2.75) is 42.9 Å². The smallest absolute Gasteiger partial charge is 0.335 e. The van der Waals surface area contributed by atoms with E-state index in [1.54, 1.807) is 36.4 Å². The molecule has 11 heteroatoms. The number of carboxylic acids is 1. The molecule has 1 aliphatic heterocycles. The largest absolute Gasteiger partial charge is 0.478 e. The predicted octanol–water partition coefficient (Wildman–Crippen LogP) is 4.23. The van der Waals surface area contributed by atoms with Gasteiger partial charge in [-0.3, -0.25) is 4.79 Å². The van der Waals surface area contributed by atoms with E-state index in [1.807, 2.05) is 7.05 Å². The Bertz CT molecular complexity index is 1420. The minimum absolute atomic E-state index is 0.171. The van der Waals surface area contributed by atoms with Crippen LogP contribution in [0.2, 0.25) is 0 Å². The lowest BCUT2D eigenvalue weighted by Gasteiger charge is -2.31. The molecule has 2 N–H and O–H groups in total. The predicted molar refractivity (Wildman–Crippen MR) is 147 cm³/mol. The van der Waals surface area contributed by atoms with E-state index in [2.05, 4.69) is 15.2 Å². The third-order valence-electron chi connectivity index (χ3n) is 7.61. The number of sulfonamides is 1. The van der Waals surface area contributed by atoms with Crippen LogP contribution in [-0.2, 0) is 14.8 Å². The maximum Gasteiger partial charge on any atom is 0.335 e. The quantitative estimate of drug-likeness (QED) is 0.426. The fraction of sp³-hybridized carbons (Fsp3) is 0.444. The Morgan fingerprint density at radius 3 is 2.42 bits per heavy atom. The highest BCUT2D eigenvalue weighted by Crippen LogP contribution is 2.36. The summed E-state index contributed by atoms with van der Waals surface area (Å²) in [5.74, 6) is -1.21. The standard InChI is InChI=1S/C27H32N4O5S2/c1-30-12-14-31(15-13-30)38(35,36)21-9-6-19(7-10-21)22(16-18-4-2-3-5-18)25(32)29-27-28-23-11-8-20(26(33)34)17-24(23)37-27/h6-11,17-18,22H,2-5,12-16H2,1H3,(H,33,34)(H,28,29,32)/t22-/m0/s1. The molecular weight excluding hydrogens is 524 g/mol. The van der Waals surface area contributed by atoms with Crippen molar-refractivity contribution in [2.75, 3.05) is 38.5 Å². The minimum Gasteiger partial charge on any atom is -0.478 e. The molecular formula is C27H32N4O5S2. The number of thiazole rings is 1. The van der Waals surface area contributed by atoms with Crippen LogP contribution in [0.3, 0.4) is 0 Å². The molecule has 1 saturated carbocycles. The zero-order valence-electron chi connectivity index (χ0n) is 21.3. The van der Waals surface area contributed by atoms with E-state index in [9.17, 15) is 23.1 Å². The number of fused-ring (bicyclic) bond motifs is 1. The van der Waals surface area contributed by atoms with E-state index < -0.39 is 21.9 Å². The third kappa shape index (κ3) is 5.75. The lowest BCUT2D eigenvalue weighted by Crippen LogP contribution is -2.47. The summed E-state index contributed by atoms with van der Waals surface area (Å²) < 4.78 is 28.5. The summed E-state index contributed by atoms with van der Waals surface area (Å²) in [6, 6.07) is 11.4. The Labute approximate surface area is 226 Å². The number of rotatable bonds is 8.